The lowest BCUT2D eigenvalue weighted by molar-refractivity contribution is -0.00412. The number of nitrogens with one attached hydrogen (secondary N) is 2. The van der Waals surface area contributed by atoms with Gasteiger partial charge in [0.2, 0.25) is 10.0 Å². The molecule has 0 spiro atoms. The molecule has 3 unspecified atom stereocenters. The highest BCUT2D eigenvalue weighted by molar-refractivity contribution is 7.98. The third-order valence-electron chi connectivity index (χ3n) is 4.13. The van der Waals surface area contributed by atoms with Crippen molar-refractivity contribution < 1.29 is 36.6 Å². The molecule has 2 rings (SSSR count). The number of carbonyl (C=O) groups is 1. The number of rotatable bonds is 11. The van der Waals surface area contributed by atoms with Crippen molar-refractivity contribution in [2.45, 2.75) is 31.1 Å². The monoisotopic (exact) mass is 479 g/mol. The van der Waals surface area contributed by atoms with Gasteiger partial charge in [-0.05, 0) is 42.5 Å². The molecule has 1 aromatic heterocycles. The highest BCUT2D eigenvalue weighted by Gasteiger charge is 2.29. The molecule has 0 saturated heterocycles. The number of sulfonamides is 1. The van der Waals surface area contributed by atoms with E-state index in [0.29, 0.717) is 11.8 Å². The molecule has 1 heterocycles. The molecule has 31 heavy (non-hydrogen) atoms. The number of benzene rings is 1. The Hall–Kier alpha value is -2.22. The SMILES string of the molecule is CSCCC(O)C(O)C(Cc1cc(F)cc(F)c1)NC(=O)c1coc(NS(C)(=O)=O)n1. The maximum absolute atomic E-state index is 13.5. The van der Waals surface area contributed by atoms with E-state index in [1.54, 1.807) is 0 Å². The van der Waals surface area contributed by atoms with Crippen LogP contribution in [-0.2, 0) is 16.4 Å². The lowest BCUT2D eigenvalue weighted by Gasteiger charge is -2.27. The van der Waals surface area contributed by atoms with Crippen LogP contribution < -0.4 is 10.0 Å². The summed E-state index contributed by atoms with van der Waals surface area (Å²) in [6, 6.07) is 1.22. The Morgan fingerprint density at radius 3 is 2.48 bits per heavy atom. The number of nitrogens with zero attached hydrogens (tertiary/aromatic N) is 1. The fraction of sp³-hybridized carbons (Fsp3) is 0.444. The zero-order valence-electron chi connectivity index (χ0n) is 16.7. The van der Waals surface area contributed by atoms with E-state index in [9.17, 15) is 32.2 Å². The second-order valence-electron chi connectivity index (χ2n) is 6.81. The van der Waals surface area contributed by atoms with Crippen LogP contribution in [-0.4, -0.2) is 66.0 Å². The molecule has 0 saturated carbocycles. The van der Waals surface area contributed by atoms with Gasteiger partial charge in [-0.3, -0.25) is 4.79 Å². The minimum absolute atomic E-state index is 0.151. The third-order valence-corrected chi connectivity index (χ3v) is 5.32. The molecule has 1 amide bonds. The molecule has 0 aliphatic heterocycles. The smallest absolute Gasteiger partial charge is 0.309 e. The highest BCUT2D eigenvalue weighted by atomic mass is 32.2. The molecule has 13 heteroatoms. The summed E-state index contributed by atoms with van der Waals surface area (Å²) in [5.41, 5.74) is -0.147. The molecule has 172 valence electrons. The fourth-order valence-corrected chi connectivity index (χ4v) is 3.63. The van der Waals surface area contributed by atoms with Crippen molar-refractivity contribution in [2.75, 3.05) is 23.0 Å². The van der Waals surface area contributed by atoms with E-state index in [2.05, 4.69) is 10.3 Å². The normalized spacial score (nSPS) is 14.6. The number of hydrogen-bond acceptors (Lipinski definition) is 8. The van der Waals surface area contributed by atoms with Gasteiger partial charge in [-0.25, -0.2) is 21.9 Å². The minimum Gasteiger partial charge on any atom is -0.431 e. The summed E-state index contributed by atoms with van der Waals surface area (Å²) in [5.74, 6) is -1.96. The van der Waals surface area contributed by atoms with E-state index >= 15 is 0 Å². The van der Waals surface area contributed by atoms with Gasteiger partial charge in [-0.1, -0.05) is 0 Å². The predicted molar refractivity (Wildman–Crippen MR) is 111 cm³/mol. The second-order valence-corrected chi connectivity index (χ2v) is 9.55. The number of thioether (sulfide) groups is 1. The molecule has 0 radical (unpaired) electrons. The Morgan fingerprint density at radius 2 is 1.90 bits per heavy atom. The zero-order chi connectivity index (χ0) is 23.2. The van der Waals surface area contributed by atoms with Crippen molar-refractivity contribution in [3.8, 4) is 0 Å². The fourth-order valence-electron chi connectivity index (χ4n) is 2.74. The third kappa shape index (κ3) is 8.09. The zero-order valence-corrected chi connectivity index (χ0v) is 18.3. The molecular formula is C18H23F2N3O6S2. The first kappa shape index (κ1) is 25.0. The van der Waals surface area contributed by atoms with Crippen molar-refractivity contribution in [1.29, 1.82) is 0 Å². The van der Waals surface area contributed by atoms with E-state index in [-0.39, 0.29) is 24.1 Å². The Morgan fingerprint density at radius 1 is 1.26 bits per heavy atom. The van der Waals surface area contributed by atoms with Gasteiger partial charge in [0.1, 0.15) is 24.0 Å². The summed E-state index contributed by atoms with van der Waals surface area (Å²) in [7, 11) is -3.68. The number of oxazole rings is 1. The Labute approximate surface area is 182 Å². The lowest BCUT2D eigenvalue weighted by Crippen LogP contribution is -2.50. The summed E-state index contributed by atoms with van der Waals surface area (Å²) < 4.78 is 56.4. The number of aliphatic hydroxyl groups is 2. The molecule has 9 nitrogen and oxygen atoms in total. The first-order valence-electron chi connectivity index (χ1n) is 9.02. The predicted octanol–water partition coefficient (Wildman–Crippen LogP) is 1.14. The van der Waals surface area contributed by atoms with Gasteiger partial charge < -0.3 is 19.9 Å². The average molecular weight is 480 g/mol. The number of anilines is 1. The summed E-state index contributed by atoms with van der Waals surface area (Å²) in [5, 5.41) is 23.3. The molecule has 0 fully saturated rings. The Bertz CT molecular complexity index is 982. The molecular weight excluding hydrogens is 456 g/mol. The van der Waals surface area contributed by atoms with Gasteiger partial charge in [-0.15, -0.1) is 0 Å². The number of aliphatic hydroxyl groups excluding tert-OH is 2. The van der Waals surface area contributed by atoms with E-state index in [0.717, 1.165) is 24.7 Å². The second kappa shape index (κ2) is 10.9. The van der Waals surface area contributed by atoms with Gasteiger partial charge in [-0.2, -0.15) is 16.7 Å². The summed E-state index contributed by atoms with van der Waals surface area (Å²) in [6.45, 7) is 0. The number of hydrogen-bond donors (Lipinski definition) is 4. The molecule has 0 aliphatic carbocycles. The summed E-state index contributed by atoms with van der Waals surface area (Å²) in [6.07, 6.45) is 0.956. The van der Waals surface area contributed by atoms with E-state index in [4.69, 9.17) is 4.42 Å². The maximum Gasteiger partial charge on any atom is 0.309 e. The first-order valence-corrected chi connectivity index (χ1v) is 12.3. The largest absolute Gasteiger partial charge is 0.431 e. The van der Waals surface area contributed by atoms with Crippen molar-refractivity contribution >= 4 is 33.7 Å². The molecule has 3 atom stereocenters. The molecule has 1 aromatic carbocycles. The van der Waals surface area contributed by atoms with Crippen LogP contribution in [0.25, 0.3) is 0 Å². The first-order chi connectivity index (χ1) is 14.5. The van der Waals surface area contributed by atoms with E-state index in [1.165, 1.54) is 11.8 Å². The number of amides is 1. The van der Waals surface area contributed by atoms with Gasteiger partial charge >= 0.3 is 6.01 Å². The van der Waals surface area contributed by atoms with Gasteiger partial charge in [0.15, 0.2) is 5.69 Å². The number of carbonyl (C=O) groups excluding carboxylic acids is 1. The summed E-state index contributed by atoms with van der Waals surface area (Å²) >= 11 is 1.45. The van der Waals surface area contributed by atoms with Crippen LogP contribution in [0, 0.1) is 11.6 Å². The number of halogens is 2. The van der Waals surface area contributed by atoms with Crippen molar-refractivity contribution in [2.24, 2.45) is 0 Å². The van der Waals surface area contributed by atoms with Crippen LogP contribution in [0.1, 0.15) is 22.5 Å². The Kier molecular flexibility index (Phi) is 8.79. The number of aromatic nitrogens is 1. The van der Waals surface area contributed by atoms with Crippen LogP contribution in [0.15, 0.2) is 28.9 Å². The van der Waals surface area contributed by atoms with E-state index in [1.807, 2.05) is 11.0 Å². The van der Waals surface area contributed by atoms with Crippen LogP contribution in [0.4, 0.5) is 14.8 Å². The highest BCUT2D eigenvalue weighted by Crippen LogP contribution is 2.16. The maximum atomic E-state index is 13.5. The molecule has 2 aromatic rings. The van der Waals surface area contributed by atoms with Crippen LogP contribution in [0.5, 0.6) is 0 Å². The minimum atomic E-state index is -3.68. The standard InChI is InChI=1S/C18H23F2N3O6S2/c1-30-4-3-15(24)16(25)13(7-10-5-11(19)8-12(20)6-10)21-17(26)14-9-29-18(22-14)23-31(2,27)28/h5-6,8-9,13,15-16,24-25H,3-4,7H2,1-2H3,(H,21,26)(H,22,23). The van der Waals surface area contributed by atoms with Crippen molar-refractivity contribution in [3.05, 3.63) is 47.4 Å². The van der Waals surface area contributed by atoms with Crippen LogP contribution in [0.2, 0.25) is 0 Å². The van der Waals surface area contributed by atoms with Crippen LogP contribution in [0.3, 0.4) is 0 Å². The van der Waals surface area contributed by atoms with Gasteiger partial charge in [0.05, 0.1) is 18.4 Å². The van der Waals surface area contributed by atoms with Gasteiger partial charge in [0, 0.05) is 6.07 Å². The summed E-state index contributed by atoms with van der Waals surface area (Å²) in [4.78, 5) is 16.2. The molecule has 0 aliphatic rings. The lowest BCUT2D eigenvalue weighted by atomic mass is 9.96. The molecule has 0 bridgehead atoms. The average Bonchev–Trinajstić information content (AvgIpc) is 3.10. The van der Waals surface area contributed by atoms with E-state index < -0.39 is 51.8 Å². The van der Waals surface area contributed by atoms with Crippen molar-refractivity contribution in [3.63, 3.8) is 0 Å². The molecule has 4 N–H and O–H groups in total. The van der Waals surface area contributed by atoms with Crippen LogP contribution >= 0.6 is 11.8 Å². The topological polar surface area (TPSA) is 142 Å². The quantitative estimate of drug-likeness (QED) is 0.376. The van der Waals surface area contributed by atoms with Crippen molar-refractivity contribution in [1.82, 2.24) is 10.3 Å². The Balaban J connectivity index is 2.21. The van der Waals surface area contributed by atoms with Gasteiger partial charge in [0.25, 0.3) is 5.91 Å².